The Kier molecular flexibility index (Phi) is 4.54. The maximum absolute atomic E-state index is 11.8. The van der Waals surface area contributed by atoms with E-state index in [4.69, 9.17) is 0 Å². The van der Waals surface area contributed by atoms with E-state index in [1.54, 1.807) is 0 Å². The molecule has 2 saturated carbocycles. The van der Waals surface area contributed by atoms with Crippen molar-refractivity contribution >= 4 is 5.97 Å². The summed E-state index contributed by atoms with van der Waals surface area (Å²) >= 11 is 0. The van der Waals surface area contributed by atoms with E-state index in [-0.39, 0.29) is 11.8 Å². The van der Waals surface area contributed by atoms with Gasteiger partial charge >= 0.3 is 5.97 Å². The van der Waals surface area contributed by atoms with Crippen LogP contribution in [0.4, 0.5) is 0 Å². The lowest BCUT2D eigenvalue weighted by atomic mass is 9.63. The maximum Gasteiger partial charge on any atom is 0.336 e. The van der Waals surface area contributed by atoms with E-state index in [1.165, 1.54) is 6.42 Å². The minimum atomic E-state index is -1.48. The van der Waals surface area contributed by atoms with E-state index in [0.717, 1.165) is 44.9 Å². The molecule has 3 heteroatoms. The molecule has 4 atom stereocenters. The molecule has 2 N–H and O–H groups in total. The zero-order chi connectivity index (χ0) is 14.0. The molecule has 0 spiro atoms. The third-order valence-corrected chi connectivity index (χ3v) is 5.79. The molecular formula is C16H28O3. The van der Waals surface area contributed by atoms with Gasteiger partial charge in [0.1, 0.15) is 0 Å². The van der Waals surface area contributed by atoms with Gasteiger partial charge in [-0.1, -0.05) is 39.5 Å². The van der Waals surface area contributed by atoms with E-state index in [9.17, 15) is 15.0 Å². The summed E-state index contributed by atoms with van der Waals surface area (Å²) in [6.45, 7) is 4.43. The molecule has 0 aromatic carbocycles. The van der Waals surface area contributed by atoms with Crippen molar-refractivity contribution < 1.29 is 15.0 Å². The molecule has 2 aliphatic carbocycles. The second kappa shape index (κ2) is 5.82. The van der Waals surface area contributed by atoms with Gasteiger partial charge in [0.05, 0.1) is 0 Å². The molecule has 0 saturated heterocycles. The molecule has 0 bridgehead atoms. The fourth-order valence-electron chi connectivity index (χ4n) is 4.17. The van der Waals surface area contributed by atoms with Crippen LogP contribution in [-0.4, -0.2) is 21.8 Å². The van der Waals surface area contributed by atoms with Gasteiger partial charge < -0.3 is 10.2 Å². The van der Waals surface area contributed by atoms with Gasteiger partial charge in [0.25, 0.3) is 0 Å². The van der Waals surface area contributed by atoms with Gasteiger partial charge in [0.2, 0.25) is 0 Å². The Hall–Kier alpha value is -0.570. The van der Waals surface area contributed by atoms with Crippen molar-refractivity contribution in [1.82, 2.24) is 0 Å². The van der Waals surface area contributed by atoms with E-state index in [2.05, 4.69) is 13.8 Å². The maximum atomic E-state index is 11.8. The Bertz CT molecular complexity index is 322. The minimum Gasteiger partial charge on any atom is -0.479 e. The summed E-state index contributed by atoms with van der Waals surface area (Å²) in [7, 11) is 0. The molecule has 0 aromatic rings. The molecule has 0 radical (unpaired) electrons. The summed E-state index contributed by atoms with van der Waals surface area (Å²) in [6, 6.07) is 0. The second-order valence-corrected chi connectivity index (χ2v) is 6.93. The van der Waals surface area contributed by atoms with Gasteiger partial charge in [-0.25, -0.2) is 4.79 Å². The molecule has 2 fully saturated rings. The van der Waals surface area contributed by atoms with Crippen LogP contribution in [0.5, 0.6) is 0 Å². The lowest BCUT2D eigenvalue weighted by Crippen LogP contribution is -2.54. The third-order valence-electron chi connectivity index (χ3n) is 5.79. The minimum absolute atomic E-state index is 0.0376. The Labute approximate surface area is 116 Å². The van der Waals surface area contributed by atoms with Crippen LogP contribution >= 0.6 is 0 Å². The number of aliphatic carboxylic acids is 1. The predicted octanol–water partition coefficient (Wildman–Crippen LogP) is 3.45. The van der Waals surface area contributed by atoms with Crippen molar-refractivity contribution in [2.24, 2.45) is 23.7 Å². The zero-order valence-electron chi connectivity index (χ0n) is 12.3. The highest BCUT2D eigenvalue weighted by Gasteiger charge is 2.51. The van der Waals surface area contributed by atoms with Crippen molar-refractivity contribution in [1.29, 1.82) is 0 Å². The Balaban J connectivity index is 2.16. The highest BCUT2D eigenvalue weighted by Crippen LogP contribution is 2.45. The lowest BCUT2D eigenvalue weighted by molar-refractivity contribution is -0.179. The Morgan fingerprint density at radius 1 is 0.947 bits per heavy atom. The van der Waals surface area contributed by atoms with Crippen molar-refractivity contribution in [2.75, 3.05) is 0 Å². The van der Waals surface area contributed by atoms with Crippen LogP contribution in [-0.2, 0) is 4.79 Å². The molecule has 0 amide bonds. The first-order valence-electron chi connectivity index (χ1n) is 7.92. The van der Waals surface area contributed by atoms with Gasteiger partial charge in [-0.3, -0.25) is 0 Å². The molecule has 19 heavy (non-hydrogen) atoms. The summed E-state index contributed by atoms with van der Waals surface area (Å²) in [5.41, 5.74) is -1.48. The van der Waals surface area contributed by atoms with E-state index >= 15 is 0 Å². The van der Waals surface area contributed by atoms with Crippen LogP contribution in [0.25, 0.3) is 0 Å². The molecule has 0 aliphatic heterocycles. The molecule has 0 heterocycles. The molecular weight excluding hydrogens is 240 g/mol. The van der Waals surface area contributed by atoms with Crippen molar-refractivity contribution in [3.8, 4) is 0 Å². The molecule has 3 nitrogen and oxygen atoms in total. The van der Waals surface area contributed by atoms with Crippen LogP contribution in [0.1, 0.15) is 65.2 Å². The zero-order valence-corrected chi connectivity index (χ0v) is 12.3. The first-order chi connectivity index (χ1) is 8.96. The molecule has 110 valence electrons. The van der Waals surface area contributed by atoms with E-state index in [1.807, 2.05) is 0 Å². The van der Waals surface area contributed by atoms with Crippen molar-refractivity contribution in [2.45, 2.75) is 70.8 Å². The van der Waals surface area contributed by atoms with Gasteiger partial charge in [0.15, 0.2) is 5.60 Å². The number of carboxylic acids is 1. The predicted molar refractivity (Wildman–Crippen MR) is 74.8 cm³/mol. The number of hydrogen-bond donors (Lipinski definition) is 2. The first-order valence-corrected chi connectivity index (χ1v) is 7.92. The van der Waals surface area contributed by atoms with E-state index < -0.39 is 11.6 Å². The van der Waals surface area contributed by atoms with Gasteiger partial charge in [-0.05, 0) is 49.4 Å². The average molecular weight is 268 g/mol. The average Bonchev–Trinajstić information content (AvgIpc) is 2.41. The highest BCUT2D eigenvalue weighted by molar-refractivity contribution is 5.78. The van der Waals surface area contributed by atoms with Gasteiger partial charge in [0, 0.05) is 0 Å². The SMILES string of the molecule is C[C@H]1CC[C@H]([C@](O)(C(=O)O)C2CCCCC2)C[C@@H]1C. The van der Waals surface area contributed by atoms with Gasteiger partial charge in [-0.2, -0.15) is 0 Å². The lowest BCUT2D eigenvalue weighted by Gasteiger charge is -2.44. The standard InChI is InChI=1S/C16H28O3/c1-11-8-9-14(10-12(11)2)16(19,15(17)18)13-6-4-3-5-7-13/h11-14,19H,3-10H2,1-2H3,(H,17,18)/t11-,12-,14-,16-/m0/s1. The number of aliphatic hydroxyl groups is 1. The Morgan fingerprint density at radius 3 is 2.11 bits per heavy atom. The Morgan fingerprint density at radius 2 is 1.58 bits per heavy atom. The molecule has 0 aromatic heterocycles. The quantitative estimate of drug-likeness (QED) is 0.824. The van der Waals surface area contributed by atoms with Crippen LogP contribution in [0.15, 0.2) is 0 Å². The smallest absolute Gasteiger partial charge is 0.336 e. The van der Waals surface area contributed by atoms with Gasteiger partial charge in [-0.15, -0.1) is 0 Å². The summed E-state index contributed by atoms with van der Waals surface area (Å²) in [5.74, 6) is 0.101. The van der Waals surface area contributed by atoms with Crippen LogP contribution in [0.2, 0.25) is 0 Å². The molecule has 0 unspecified atom stereocenters. The van der Waals surface area contributed by atoms with Crippen LogP contribution in [0.3, 0.4) is 0 Å². The third kappa shape index (κ3) is 2.81. The second-order valence-electron chi connectivity index (χ2n) is 6.93. The van der Waals surface area contributed by atoms with Crippen molar-refractivity contribution in [3.63, 3.8) is 0 Å². The number of carboxylic acid groups (broad SMARTS) is 1. The van der Waals surface area contributed by atoms with E-state index in [0.29, 0.717) is 11.8 Å². The number of hydrogen-bond acceptors (Lipinski definition) is 2. The summed E-state index contributed by atoms with van der Waals surface area (Å²) in [6.07, 6.45) is 7.86. The first kappa shape index (κ1) is 14.8. The summed E-state index contributed by atoms with van der Waals surface area (Å²) in [5, 5.41) is 20.6. The van der Waals surface area contributed by atoms with Crippen molar-refractivity contribution in [3.05, 3.63) is 0 Å². The molecule has 2 aliphatic rings. The number of carbonyl (C=O) groups is 1. The number of rotatable bonds is 3. The summed E-state index contributed by atoms with van der Waals surface area (Å²) < 4.78 is 0. The van der Waals surface area contributed by atoms with Crippen LogP contribution in [0, 0.1) is 23.7 Å². The summed E-state index contributed by atoms with van der Waals surface area (Å²) in [4.78, 5) is 11.8. The monoisotopic (exact) mass is 268 g/mol. The normalized spacial score (nSPS) is 36.7. The van der Waals surface area contributed by atoms with Crippen LogP contribution < -0.4 is 0 Å². The molecule has 2 rings (SSSR count). The topological polar surface area (TPSA) is 57.5 Å². The highest BCUT2D eigenvalue weighted by atomic mass is 16.4. The largest absolute Gasteiger partial charge is 0.479 e. The fourth-order valence-corrected chi connectivity index (χ4v) is 4.17. The fraction of sp³-hybridized carbons (Fsp3) is 0.938.